The van der Waals surface area contributed by atoms with Gasteiger partial charge in [0.15, 0.2) is 0 Å². The highest BCUT2D eigenvalue weighted by atomic mass is 16.5. The molecule has 0 spiro atoms. The first kappa shape index (κ1) is 14.4. The molecule has 0 aliphatic carbocycles. The largest absolute Gasteiger partial charge is 0.497 e. The van der Waals surface area contributed by atoms with Crippen molar-refractivity contribution >= 4 is 5.69 Å². The Morgan fingerprint density at radius 2 is 1.60 bits per heavy atom. The molecular weight excluding hydrogens is 250 g/mol. The number of methoxy groups -OCH3 is 1. The van der Waals surface area contributed by atoms with E-state index >= 15 is 0 Å². The first-order valence-corrected chi connectivity index (χ1v) is 6.68. The molecule has 0 saturated carbocycles. The quantitative estimate of drug-likeness (QED) is 0.907. The first-order chi connectivity index (χ1) is 9.60. The van der Waals surface area contributed by atoms with Gasteiger partial charge in [-0.1, -0.05) is 24.3 Å². The van der Waals surface area contributed by atoms with E-state index in [9.17, 15) is 5.11 Å². The SMILES string of the molecule is COc1ccc(CC(O)c2ccc(N(C)C)cc2)cc1. The Labute approximate surface area is 120 Å². The van der Waals surface area contributed by atoms with Gasteiger partial charge in [0.1, 0.15) is 5.75 Å². The molecule has 0 heterocycles. The average Bonchev–Trinajstić information content (AvgIpc) is 2.48. The van der Waals surface area contributed by atoms with Gasteiger partial charge in [0.25, 0.3) is 0 Å². The summed E-state index contributed by atoms with van der Waals surface area (Å²) in [7, 11) is 5.65. The predicted octanol–water partition coefficient (Wildman–Crippen LogP) is 3.04. The molecule has 20 heavy (non-hydrogen) atoms. The maximum Gasteiger partial charge on any atom is 0.118 e. The molecule has 0 amide bonds. The van der Waals surface area contributed by atoms with E-state index in [2.05, 4.69) is 0 Å². The zero-order chi connectivity index (χ0) is 14.5. The number of nitrogens with zero attached hydrogens (tertiary/aromatic N) is 1. The molecule has 0 saturated heterocycles. The minimum atomic E-state index is -0.486. The maximum absolute atomic E-state index is 10.3. The molecule has 0 bridgehead atoms. The molecule has 0 aromatic heterocycles. The summed E-state index contributed by atoms with van der Waals surface area (Å²) in [6, 6.07) is 15.8. The summed E-state index contributed by atoms with van der Waals surface area (Å²) in [4.78, 5) is 2.04. The Hall–Kier alpha value is -2.00. The van der Waals surface area contributed by atoms with E-state index in [0.717, 1.165) is 22.6 Å². The van der Waals surface area contributed by atoms with Crippen LogP contribution in [-0.2, 0) is 6.42 Å². The number of rotatable bonds is 5. The number of benzene rings is 2. The molecule has 0 aliphatic rings. The fraction of sp³-hybridized carbons (Fsp3) is 0.294. The second kappa shape index (κ2) is 6.44. The van der Waals surface area contributed by atoms with Gasteiger partial charge in [-0.3, -0.25) is 0 Å². The summed E-state index contributed by atoms with van der Waals surface area (Å²) in [5, 5.41) is 10.3. The smallest absolute Gasteiger partial charge is 0.118 e. The summed E-state index contributed by atoms with van der Waals surface area (Å²) in [6.45, 7) is 0. The molecule has 1 unspecified atom stereocenters. The normalized spacial score (nSPS) is 12.0. The lowest BCUT2D eigenvalue weighted by Gasteiger charge is -2.15. The van der Waals surface area contributed by atoms with Crippen molar-refractivity contribution in [3.8, 4) is 5.75 Å². The van der Waals surface area contributed by atoms with Crippen molar-refractivity contribution in [3.63, 3.8) is 0 Å². The van der Waals surface area contributed by atoms with Crippen molar-refractivity contribution in [2.75, 3.05) is 26.1 Å². The molecular formula is C17H21NO2. The van der Waals surface area contributed by atoms with Gasteiger partial charge >= 0.3 is 0 Å². The number of ether oxygens (including phenoxy) is 1. The Bertz CT molecular complexity index is 532. The van der Waals surface area contributed by atoms with Crippen LogP contribution in [0.4, 0.5) is 5.69 Å². The fourth-order valence-corrected chi connectivity index (χ4v) is 2.10. The van der Waals surface area contributed by atoms with Crippen molar-refractivity contribution in [2.24, 2.45) is 0 Å². The van der Waals surface area contributed by atoms with E-state index in [-0.39, 0.29) is 0 Å². The molecule has 0 radical (unpaired) electrons. The van der Waals surface area contributed by atoms with Crippen LogP contribution in [0.15, 0.2) is 48.5 Å². The van der Waals surface area contributed by atoms with Crippen LogP contribution < -0.4 is 9.64 Å². The minimum Gasteiger partial charge on any atom is -0.497 e. The molecule has 0 fully saturated rings. The second-order valence-electron chi connectivity index (χ2n) is 5.05. The summed E-state index contributed by atoms with van der Waals surface area (Å²) in [5.74, 6) is 0.832. The Kier molecular flexibility index (Phi) is 4.64. The van der Waals surface area contributed by atoms with Gasteiger partial charge in [-0.2, -0.15) is 0 Å². The van der Waals surface area contributed by atoms with Crippen LogP contribution in [0.1, 0.15) is 17.2 Å². The molecule has 106 valence electrons. The Balaban J connectivity index is 2.04. The molecule has 1 N–H and O–H groups in total. The molecule has 2 aromatic carbocycles. The van der Waals surface area contributed by atoms with Crippen LogP contribution in [0.25, 0.3) is 0 Å². The number of anilines is 1. The maximum atomic E-state index is 10.3. The number of aliphatic hydroxyl groups is 1. The van der Waals surface area contributed by atoms with Crippen molar-refractivity contribution in [1.82, 2.24) is 0 Å². The van der Waals surface area contributed by atoms with E-state index in [0.29, 0.717) is 6.42 Å². The van der Waals surface area contributed by atoms with Crippen LogP contribution >= 0.6 is 0 Å². The number of hydrogen-bond donors (Lipinski definition) is 1. The zero-order valence-electron chi connectivity index (χ0n) is 12.2. The van der Waals surface area contributed by atoms with Crippen LogP contribution in [-0.4, -0.2) is 26.3 Å². The lowest BCUT2D eigenvalue weighted by molar-refractivity contribution is 0.178. The summed E-state index contributed by atoms with van der Waals surface area (Å²) in [5.41, 5.74) is 3.16. The van der Waals surface area contributed by atoms with Gasteiger partial charge in [0.2, 0.25) is 0 Å². The lowest BCUT2D eigenvalue weighted by Crippen LogP contribution is -2.09. The Morgan fingerprint density at radius 1 is 1.00 bits per heavy atom. The highest BCUT2D eigenvalue weighted by Gasteiger charge is 2.09. The molecule has 3 nitrogen and oxygen atoms in total. The van der Waals surface area contributed by atoms with Gasteiger partial charge in [0.05, 0.1) is 13.2 Å². The highest BCUT2D eigenvalue weighted by Crippen LogP contribution is 2.22. The standard InChI is InChI=1S/C17H21NO2/c1-18(2)15-8-6-14(7-9-15)17(19)12-13-4-10-16(20-3)11-5-13/h4-11,17,19H,12H2,1-3H3. The van der Waals surface area contributed by atoms with Crippen LogP contribution in [0.3, 0.4) is 0 Å². The first-order valence-electron chi connectivity index (χ1n) is 6.68. The third-order valence-electron chi connectivity index (χ3n) is 3.38. The van der Waals surface area contributed by atoms with E-state index in [4.69, 9.17) is 4.74 Å². The molecule has 3 heteroatoms. The van der Waals surface area contributed by atoms with Crippen molar-refractivity contribution in [2.45, 2.75) is 12.5 Å². The summed E-state index contributed by atoms with van der Waals surface area (Å²) < 4.78 is 5.13. The third kappa shape index (κ3) is 3.52. The van der Waals surface area contributed by atoms with Crippen molar-refractivity contribution in [1.29, 1.82) is 0 Å². The van der Waals surface area contributed by atoms with Gasteiger partial charge in [-0.25, -0.2) is 0 Å². The van der Waals surface area contributed by atoms with Crippen LogP contribution in [0.5, 0.6) is 5.75 Å². The van der Waals surface area contributed by atoms with Gasteiger partial charge in [-0.05, 0) is 35.4 Å². The Morgan fingerprint density at radius 3 is 2.10 bits per heavy atom. The number of hydrogen-bond acceptors (Lipinski definition) is 3. The zero-order valence-corrected chi connectivity index (χ0v) is 12.2. The monoisotopic (exact) mass is 271 g/mol. The summed E-state index contributed by atoms with van der Waals surface area (Å²) in [6.07, 6.45) is 0.116. The topological polar surface area (TPSA) is 32.7 Å². The molecule has 2 aromatic rings. The summed E-state index contributed by atoms with van der Waals surface area (Å²) >= 11 is 0. The molecule has 1 atom stereocenters. The van der Waals surface area contributed by atoms with Crippen LogP contribution in [0, 0.1) is 0 Å². The minimum absolute atomic E-state index is 0.486. The predicted molar refractivity (Wildman–Crippen MR) is 82.4 cm³/mol. The molecule has 2 rings (SSSR count). The fourth-order valence-electron chi connectivity index (χ4n) is 2.10. The third-order valence-corrected chi connectivity index (χ3v) is 3.38. The van der Waals surface area contributed by atoms with E-state index in [1.54, 1.807) is 7.11 Å². The lowest BCUT2D eigenvalue weighted by atomic mass is 10.0. The van der Waals surface area contributed by atoms with E-state index < -0.39 is 6.10 Å². The van der Waals surface area contributed by atoms with Gasteiger partial charge in [0, 0.05) is 26.2 Å². The average molecular weight is 271 g/mol. The van der Waals surface area contributed by atoms with Crippen LogP contribution in [0.2, 0.25) is 0 Å². The molecule has 0 aliphatic heterocycles. The highest BCUT2D eigenvalue weighted by molar-refractivity contribution is 5.46. The second-order valence-corrected chi connectivity index (χ2v) is 5.05. The van der Waals surface area contributed by atoms with Crippen molar-refractivity contribution in [3.05, 3.63) is 59.7 Å². The number of aliphatic hydroxyl groups excluding tert-OH is 1. The van der Waals surface area contributed by atoms with Gasteiger partial charge in [-0.15, -0.1) is 0 Å². The van der Waals surface area contributed by atoms with Gasteiger partial charge < -0.3 is 14.7 Å². The van der Waals surface area contributed by atoms with Crippen molar-refractivity contribution < 1.29 is 9.84 Å². The van der Waals surface area contributed by atoms with E-state index in [1.165, 1.54) is 0 Å². The van der Waals surface area contributed by atoms with E-state index in [1.807, 2.05) is 67.5 Å².